The number of hydrogen-bond donors (Lipinski definition) is 0. The second-order valence-corrected chi connectivity index (χ2v) is 7.92. The third-order valence-electron chi connectivity index (χ3n) is 5.00. The number of amides is 1. The number of imidazole rings is 1. The van der Waals surface area contributed by atoms with E-state index in [2.05, 4.69) is 35.7 Å². The molecule has 0 aliphatic carbocycles. The number of benzene rings is 2. The van der Waals surface area contributed by atoms with Crippen LogP contribution in [0.15, 0.2) is 48.7 Å². The summed E-state index contributed by atoms with van der Waals surface area (Å²) in [4.78, 5) is 19.0. The molecule has 4 rings (SSSR count). The molecule has 2 aromatic heterocycles. The quantitative estimate of drug-likeness (QED) is 0.406. The molecule has 146 valence electrons. The van der Waals surface area contributed by atoms with Crippen LogP contribution in [0.4, 0.5) is 5.69 Å². The summed E-state index contributed by atoms with van der Waals surface area (Å²) < 4.78 is 3.46. The summed E-state index contributed by atoms with van der Waals surface area (Å²) in [6, 6.07) is 14.7. The standard InChI is InChI=1S/C22H23N3OS.CH4/c1-4-5-6-16-7-12-20-21(13-16)27-22-23-19(14-25(20)22)17-8-10-18(11-9-17)24(3)15(2)26;/h7-14H,4-6H2,1-3H3;1H4. The van der Waals surface area contributed by atoms with Gasteiger partial charge >= 0.3 is 0 Å². The Bertz CT molecular complexity index is 1110. The van der Waals surface area contributed by atoms with Gasteiger partial charge in [0.1, 0.15) is 0 Å². The highest BCUT2D eigenvalue weighted by Crippen LogP contribution is 2.31. The van der Waals surface area contributed by atoms with Gasteiger partial charge in [-0.15, -0.1) is 0 Å². The van der Waals surface area contributed by atoms with Gasteiger partial charge in [0.2, 0.25) is 5.91 Å². The van der Waals surface area contributed by atoms with Gasteiger partial charge < -0.3 is 4.90 Å². The molecule has 0 aliphatic heterocycles. The Morgan fingerprint density at radius 3 is 2.61 bits per heavy atom. The molecule has 5 heteroatoms. The van der Waals surface area contributed by atoms with Crippen LogP contribution >= 0.6 is 11.3 Å². The molecule has 0 aliphatic rings. The number of carbonyl (C=O) groups is 1. The van der Waals surface area contributed by atoms with Crippen molar-refractivity contribution >= 4 is 38.1 Å². The van der Waals surface area contributed by atoms with Crippen LogP contribution in [0.1, 0.15) is 39.7 Å². The predicted molar refractivity (Wildman–Crippen MR) is 120 cm³/mol. The molecule has 0 saturated heterocycles. The number of unbranched alkanes of at least 4 members (excludes halogenated alkanes) is 1. The average Bonchev–Trinajstić information content (AvgIpc) is 3.23. The molecule has 0 N–H and O–H groups in total. The lowest BCUT2D eigenvalue weighted by Gasteiger charge is -2.14. The highest BCUT2D eigenvalue weighted by molar-refractivity contribution is 7.23. The minimum atomic E-state index is 0. The zero-order valence-corrected chi connectivity index (χ0v) is 16.7. The van der Waals surface area contributed by atoms with Crippen LogP contribution in [0, 0.1) is 0 Å². The van der Waals surface area contributed by atoms with Crippen LogP contribution in [-0.2, 0) is 11.2 Å². The number of anilines is 1. The van der Waals surface area contributed by atoms with E-state index in [1.165, 1.54) is 28.6 Å². The molecule has 2 heterocycles. The summed E-state index contributed by atoms with van der Waals surface area (Å²) in [5.41, 5.74) is 5.51. The van der Waals surface area contributed by atoms with Gasteiger partial charge in [-0.25, -0.2) is 4.98 Å². The molecular weight excluding hydrogens is 366 g/mol. The average molecular weight is 394 g/mol. The van der Waals surface area contributed by atoms with Crippen molar-refractivity contribution in [3.63, 3.8) is 0 Å². The first-order valence-corrected chi connectivity index (χ1v) is 10.1. The molecule has 0 radical (unpaired) electrons. The molecule has 0 saturated carbocycles. The Morgan fingerprint density at radius 2 is 1.93 bits per heavy atom. The molecule has 2 aromatic carbocycles. The molecule has 0 fully saturated rings. The van der Waals surface area contributed by atoms with Crippen molar-refractivity contribution < 1.29 is 4.79 Å². The summed E-state index contributed by atoms with van der Waals surface area (Å²) in [5, 5.41) is 0. The minimum Gasteiger partial charge on any atom is -0.316 e. The monoisotopic (exact) mass is 393 g/mol. The second-order valence-electron chi connectivity index (χ2n) is 6.91. The maximum atomic E-state index is 11.5. The van der Waals surface area contributed by atoms with E-state index in [-0.39, 0.29) is 13.3 Å². The minimum absolute atomic E-state index is 0. The lowest BCUT2D eigenvalue weighted by atomic mass is 10.1. The van der Waals surface area contributed by atoms with Crippen LogP contribution in [-0.4, -0.2) is 22.3 Å². The third-order valence-corrected chi connectivity index (χ3v) is 6.02. The van der Waals surface area contributed by atoms with Crippen LogP contribution in [0.3, 0.4) is 0 Å². The van der Waals surface area contributed by atoms with Gasteiger partial charge in [0.25, 0.3) is 0 Å². The van der Waals surface area contributed by atoms with Gasteiger partial charge in [0, 0.05) is 31.4 Å². The van der Waals surface area contributed by atoms with Crippen molar-refractivity contribution in [2.75, 3.05) is 11.9 Å². The van der Waals surface area contributed by atoms with Gasteiger partial charge in [-0.1, -0.05) is 50.3 Å². The topological polar surface area (TPSA) is 37.6 Å². The molecule has 4 nitrogen and oxygen atoms in total. The summed E-state index contributed by atoms with van der Waals surface area (Å²) in [6.45, 7) is 3.79. The molecule has 1 amide bonds. The number of aryl methyl sites for hydroxylation is 1. The smallest absolute Gasteiger partial charge is 0.223 e. The van der Waals surface area contributed by atoms with Gasteiger partial charge in [-0.3, -0.25) is 9.20 Å². The number of rotatable bonds is 5. The highest BCUT2D eigenvalue weighted by atomic mass is 32.1. The van der Waals surface area contributed by atoms with E-state index >= 15 is 0 Å². The fourth-order valence-corrected chi connectivity index (χ4v) is 4.33. The zero-order valence-electron chi connectivity index (χ0n) is 15.9. The van der Waals surface area contributed by atoms with E-state index in [4.69, 9.17) is 4.98 Å². The number of carbonyl (C=O) groups excluding carboxylic acids is 1. The normalized spacial score (nSPS) is 11.0. The Balaban J connectivity index is 0.00000225. The Labute approximate surface area is 170 Å². The SMILES string of the molecule is C.CCCCc1ccc2c(c1)sc1nc(-c3ccc(N(C)C(C)=O)cc3)cn12. The van der Waals surface area contributed by atoms with E-state index in [0.717, 1.165) is 28.3 Å². The van der Waals surface area contributed by atoms with Crippen molar-refractivity contribution in [2.45, 2.75) is 40.5 Å². The van der Waals surface area contributed by atoms with Crippen molar-refractivity contribution in [2.24, 2.45) is 0 Å². The second kappa shape index (κ2) is 8.15. The van der Waals surface area contributed by atoms with Gasteiger partial charge in [-0.05, 0) is 42.7 Å². The molecule has 0 atom stereocenters. The number of thiazole rings is 1. The van der Waals surface area contributed by atoms with Gasteiger partial charge in [0.05, 0.1) is 15.9 Å². The molecule has 0 bridgehead atoms. The van der Waals surface area contributed by atoms with E-state index in [0.29, 0.717) is 0 Å². The van der Waals surface area contributed by atoms with E-state index in [1.807, 2.05) is 24.3 Å². The summed E-state index contributed by atoms with van der Waals surface area (Å²) in [7, 11) is 1.78. The number of fused-ring (bicyclic) bond motifs is 3. The molecular formula is C23H27N3OS. The van der Waals surface area contributed by atoms with Crippen LogP contribution < -0.4 is 4.90 Å². The summed E-state index contributed by atoms with van der Waals surface area (Å²) in [6.07, 6.45) is 5.69. The predicted octanol–water partition coefficient (Wildman–Crippen LogP) is 6.18. The maximum Gasteiger partial charge on any atom is 0.223 e. The first kappa shape index (κ1) is 20.1. The molecule has 4 aromatic rings. The number of nitrogens with zero attached hydrogens (tertiary/aromatic N) is 3. The van der Waals surface area contributed by atoms with E-state index in [1.54, 1.807) is 30.2 Å². The van der Waals surface area contributed by atoms with Crippen LogP contribution in [0.25, 0.3) is 26.4 Å². The van der Waals surface area contributed by atoms with Crippen molar-refractivity contribution in [3.8, 4) is 11.3 Å². The largest absolute Gasteiger partial charge is 0.316 e. The molecule has 0 spiro atoms. The first-order valence-electron chi connectivity index (χ1n) is 9.32. The Kier molecular flexibility index (Phi) is 5.84. The first-order chi connectivity index (χ1) is 13.1. The lowest BCUT2D eigenvalue weighted by molar-refractivity contribution is -0.116. The summed E-state index contributed by atoms with van der Waals surface area (Å²) in [5.74, 6) is 0.0232. The third kappa shape index (κ3) is 3.67. The van der Waals surface area contributed by atoms with Gasteiger partial charge in [-0.2, -0.15) is 0 Å². The number of hydrogen-bond acceptors (Lipinski definition) is 3. The number of aromatic nitrogens is 2. The highest BCUT2D eigenvalue weighted by Gasteiger charge is 2.12. The van der Waals surface area contributed by atoms with Crippen molar-refractivity contribution in [3.05, 3.63) is 54.2 Å². The lowest BCUT2D eigenvalue weighted by Crippen LogP contribution is -2.22. The van der Waals surface area contributed by atoms with E-state index < -0.39 is 0 Å². The van der Waals surface area contributed by atoms with Crippen molar-refractivity contribution in [1.29, 1.82) is 0 Å². The molecule has 28 heavy (non-hydrogen) atoms. The van der Waals surface area contributed by atoms with Crippen molar-refractivity contribution in [1.82, 2.24) is 9.38 Å². The summed E-state index contributed by atoms with van der Waals surface area (Å²) >= 11 is 1.74. The Hall–Kier alpha value is -2.66. The zero-order chi connectivity index (χ0) is 19.0. The fraction of sp³-hybridized carbons (Fsp3) is 0.304. The van der Waals surface area contributed by atoms with Gasteiger partial charge in [0.15, 0.2) is 4.96 Å². The van der Waals surface area contributed by atoms with E-state index in [9.17, 15) is 4.79 Å². The van der Waals surface area contributed by atoms with Crippen LogP contribution in [0.5, 0.6) is 0 Å². The Morgan fingerprint density at radius 1 is 1.18 bits per heavy atom. The maximum absolute atomic E-state index is 11.5. The van der Waals surface area contributed by atoms with Crippen LogP contribution in [0.2, 0.25) is 0 Å². The molecule has 0 unspecified atom stereocenters. The fourth-order valence-electron chi connectivity index (χ4n) is 3.26.